The monoisotopic (exact) mass is 292 g/mol. The minimum atomic E-state index is 0.295. The largest absolute Gasteiger partial charge is 0.355 e. The van der Waals surface area contributed by atoms with Crippen molar-refractivity contribution in [1.82, 2.24) is 9.97 Å². The molecule has 0 aromatic carbocycles. The number of halogens is 1. The van der Waals surface area contributed by atoms with E-state index < -0.39 is 0 Å². The topological polar surface area (TPSA) is 55.0 Å². The van der Waals surface area contributed by atoms with Crippen LogP contribution in [0.1, 0.15) is 6.92 Å². The normalized spacial score (nSPS) is 12.6. The fraction of sp³-hybridized carbons (Fsp3) is 0.500. The van der Waals surface area contributed by atoms with Crippen LogP contribution in [0, 0.1) is 3.57 Å². The zero-order valence-corrected chi connectivity index (χ0v) is 9.89. The molecule has 0 aliphatic carbocycles. The third kappa shape index (κ3) is 2.50. The summed E-state index contributed by atoms with van der Waals surface area (Å²) in [7, 11) is 1.99. The lowest BCUT2D eigenvalue weighted by atomic mass is 10.3. The molecule has 72 valence electrons. The lowest BCUT2D eigenvalue weighted by Gasteiger charge is -2.25. The first-order valence-corrected chi connectivity index (χ1v) is 5.13. The molecule has 1 rings (SSSR count). The lowest BCUT2D eigenvalue weighted by Crippen LogP contribution is -2.36. The molecule has 0 saturated carbocycles. The maximum Gasteiger partial charge on any atom is 0.145 e. The van der Waals surface area contributed by atoms with Gasteiger partial charge >= 0.3 is 0 Å². The number of likely N-dealkylation sites (N-methyl/N-ethyl adjacent to an activating group) is 1. The second-order valence-corrected chi connectivity index (χ2v) is 4.05. The van der Waals surface area contributed by atoms with Gasteiger partial charge in [-0.05, 0) is 29.5 Å². The van der Waals surface area contributed by atoms with Gasteiger partial charge in [0.1, 0.15) is 12.1 Å². The Balaban J connectivity index is 2.88. The molecule has 5 heteroatoms. The van der Waals surface area contributed by atoms with E-state index in [9.17, 15) is 0 Å². The summed E-state index contributed by atoms with van der Waals surface area (Å²) in [6, 6.07) is 0.295. The smallest absolute Gasteiger partial charge is 0.145 e. The van der Waals surface area contributed by atoms with Crippen LogP contribution in [-0.2, 0) is 0 Å². The molecule has 1 unspecified atom stereocenters. The van der Waals surface area contributed by atoms with Crippen LogP contribution in [0.2, 0.25) is 0 Å². The van der Waals surface area contributed by atoms with Gasteiger partial charge in [-0.15, -0.1) is 0 Å². The highest BCUT2D eigenvalue weighted by atomic mass is 127. The second kappa shape index (κ2) is 4.71. The molecule has 1 aromatic heterocycles. The second-order valence-electron chi connectivity index (χ2n) is 2.89. The number of aromatic nitrogens is 2. The molecule has 0 saturated heterocycles. The lowest BCUT2D eigenvalue weighted by molar-refractivity contribution is 0.685. The maximum atomic E-state index is 5.57. The Bertz CT molecular complexity index is 279. The summed E-state index contributed by atoms with van der Waals surface area (Å²) in [5.41, 5.74) is 5.57. The van der Waals surface area contributed by atoms with Crippen LogP contribution >= 0.6 is 22.6 Å². The number of anilines is 1. The Hall–Kier alpha value is -0.430. The van der Waals surface area contributed by atoms with Gasteiger partial charge in [0, 0.05) is 25.8 Å². The standard InChI is InChI=1S/C8H13IN4/c1-6(3-10)13(2)8-7(9)4-11-5-12-8/h4-6H,3,10H2,1-2H3. The van der Waals surface area contributed by atoms with Crippen molar-refractivity contribution in [1.29, 1.82) is 0 Å². The van der Waals surface area contributed by atoms with Crippen molar-refractivity contribution in [3.63, 3.8) is 0 Å². The number of hydrogen-bond acceptors (Lipinski definition) is 4. The third-order valence-electron chi connectivity index (χ3n) is 1.98. The molecule has 0 aliphatic heterocycles. The highest BCUT2D eigenvalue weighted by molar-refractivity contribution is 14.1. The first-order chi connectivity index (χ1) is 6.16. The predicted molar refractivity (Wildman–Crippen MR) is 61.7 cm³/mol. The van der Waals surface area contributed by atoms with E-state index in [1.54, 1.807) is 12.5 Å². The van der Waals surface area contributed by atoms with Gasteiger partial charge in [0.15, 0.2) is 0 Å². The number of nitrogens with two attached hydrogens (primary N) is 1. The molecular weight excluding hydrogens is 279 g/mol. The Kier molecular flexibility index (Phi) is 3.86. The van der Waals surface area contributed by atoms with Gasteiger partial charge in [0.2, 0.25) is 0 Å². The minimum Gasteiger partial charge on any atom is -0.355 e. The molecule has 0 amide bonds. The van der Waals surface area contributed by atoms with Crippen molar-refractivity contribution in [2.45, 2.75) is 13.0 Å². The molecule has 1 atom stereocenters. The van der Waals surface area contributed by atoms with Gasteiger partial charge in [-0.2, -0.15) is 0 Å². The summed E-state index contributed by atoms with van der Waals surface area (Å²) in [4.78, 5) is 10.2. The van der Waals surface area contributed by atoms with Crippen molar-refractivity contribution in [2.24, 2.45) is 5.73 Å². The van der Waals surface area contributed by atoms with Crippen molar-refractivity contribution >= 4 is 28.4 Å². The Morgan fingerprint density at radius 3 is 2.92 bits per heavy atom. The van der Waals surface area contributed by atoms with E-state index in [1.165, 1.54) is 0 Å². The first kappa shape index (κ1) is 10.6. The number of nitrogens with zero attached hydrogens (tertiary/aromatic N) is 3. The van der Waals surface area contributed by atoms with Crippen LogP contribution in [0.25, 0.3) is 0 Å². The quantitative estimate of drug-likeness (QED) is 0.840. The van der Waals surface area contributed by atoms with Crippen LogP contribution in [0.4, 0.5) is 5.82 Å². The average Bonchev–Trinajstić information content (AvgIpc) is 2.16. The fourth-order valence-corrected chi connectivity index (χ4v) is 1.61. The van der Waals surface area contributed by atoms with E-state index in [-0.39, 0.29) is 0 Å². The summed E-state index contributed by atoms with van der Waals surface area (Å²) in [5.74, 6) is 0.938. The van der Waals surface area contributed by atoms with E-state index in [4.69, 9.17) is 5.73 Å². The molecule has 4 nitrogen and oxygen atoms in total. The summed E-state index contributed by atoms with van der Waals surface area (Å²) < 4.78 is 1.04. The van der Waals surface area contributed by atoms with E-state index in [0.29, 0.717) is 12.6 Å². The zero-order valence-electron chi connectivity index (χ0n) is 7.74. The van der Waals surface area contributed by atoms with Gasteiger partial charge in [-0.1, -0.05) is 0 Å². The SMILES string of the molecule is CC(CN)N(C)c1ncncc1I. The summed E-state index contributed by atoms with van der Waals surface area (Å²) >= 11 is 2.22. The number of rotatable bonds is 3. The molecule has 1 aromatic rings. The van der Waals surface area contributed by atoms with Gasteiger partial charge in [0.05, 0.1) is 3.57 Å². The molecule has 2 N–H and O–H groups in total. The molecule has 1 heterocycles. The third-order valence-corrected chi connectivity index (χ3v) is 2.75. The highest BCUT2D eigenvalue weighted by Crippen LogP contribution is 2.17. The summed E-state index contributed by atoms with van der Waals surface area (Å²) in [6.45, 7) is 2.69. The van der Waals surface area contributed by atoms with Crippen LogP contribution in [0.5, 0.6) is 0 Å². The molecule has 0 fully saturated rings. The highest BCUT2D eigenvalue weighted by Gasteiger charge is 2.11. The fourth-order valence-electron chi connectivity index (χ4n) is 0.933. The van der Waals surface area contributed by atoms with E-state index in [1.807, 2.05) is 7.05 Å². The van der Waals surface area contributed by atoms with Crippen molar-refractivity contribution in [2.75, 3.05) is 18.5 Å². The summed E-state index contributed by atoms with van der Waals surface area (Å²) in [6.07, 6.45) is 3.35. The van der Waals surface area contributed by atoms with Crippen molar-refractivity contribution in [3.8, 4) is 0 Å². The van der Waals surface area contributed by atoms with Crippen LogP contribution < -0.4 is 10.6 Å². The van der Waals surface area contributed by atoms with E-state index in [2.05, 4.69) is 44.4 Å². The van der Waals surface area contributed by atoms with Gasteiger partial charge in [-0.3, -0.25) is 0 Å². The molecule has 0 radical (unpaired) electrons. The van der Waals surface area contributed by atoms with Crippen LogP contribution in [0.3, 0.4) is 0 Å². The molecule has 0 aliphatic rings. The maximum absolute atomic E-state index is 5.57. The predicted octanol–water partition coefficient (Wildman–Crippen LogP) is 0.865. The van der Waals surface area contributed by atoms with Crippen molar-refractivity contribution < 1.29 is 0 Å². The van der Waals surface area contributed by atoms with Gasteiger partial charge < -0.3 is 10.6 Å². The summed E-state index contributed by atoms with van der Waals surface area (Å²) in [5, 5.41) is 0. The Morgan fingerprint density at radius 2 is 2.38 bits per heavy atom. The molecule has 0 bridgehead atoms. The van der Waals surface area contributed by atoms with E-state index in [0.717, 1.165) is 9.39 Å². The molecule has 0 spiro atoms. The first-order valence-electron chi connectivity index (χ1n) is 4.05. The van der Waals surface area contributed by atoms with Crippen LogP contribution in [-0.4, -0.2) is 29.6 Å². The van der Waals surface area contributed by atoms with Crippen molar-refractivity contribution in [3.05, 3.63) is 16.1 Å². The Labute approximate surface area is 91.7 Å². The van der Waals surface area contributed by atoms with Crippen LogP contribution in [0.15, 0.2) is 12.5 Å². The molecular formula is C8H13IN4. The average molecular weight is 292 g/mol. The zero-order chi connectivity index (χ0) is 9.84. The Morgan fingerprint density at radius 1 is 1.69 bits per heavy atom. The minimum absolute atomic E-state index is 0.295. The molecule has 13 heavy (non-hydrogen) atoms. The van der Waals surface area contributed by atoms with Gasteiger partial charge in [-0.25, -0.2) is 9.97 Å². The van der Waals surface area contributed by atoms with E-state index >= 15 is 0 Å². The number of hydrogen-bond donors (Lipinski definition) is 1. The van der Waals surface area contributed by atoms with Gasteiger partial charge in [0.25, 0.3) is 0 Å².